The van der Waals surface area contributed by atoms with Gasteiger partial charge in [0.05, 0.1) is 5.69 Å². The molecule has 1 amide bonds. The smallest absolute Gasteiger partial charge is 0.408 e. The maximum absolute atomic E-state index is 11.7. The lowest BCUT2D eigenvalue weighted by atomic mass is 10.2. The number of benzene rings is 1. The Labute approximate surface area is 121 Å². The largest absolute Gasteiger partial charge is 0.479 e. The van der Waals surface area contributed by atoms with E-state index in [1.165, 1.54) is 16.9 Å². The highest BCUT2D eigenvalue weighted by Crippen LogP contribution is 2.12. The summed E-state index contributed by atoms with van der Waals surface area (Å²) >= 11 is 0. The minimum absolute atomic E-state index is 0.0738. The van der Waals surface area contributed by atoms with Crippen LogP contribution in [0.3, 0.4) is 0 Å². The van der Waals surface area contributed by atoms with Gasteiger partial charge < -0.3 is 15.2 Å². The molecule has 1 aromatic heterocycles. The van der Waals surface area contributed by atoms with Crippen LogP contribution in [0.2, 0.25) is 0 Å². The molecule has 0 radical (unpaired) electrons. The van der Waals surface area contributed by atoms with Crippen LogP contribution in [0.25, 0.3) is 0 Å². The van der Waals surface area contributed by atoms with Gasteiger partial charge in [0.25, 0.3) is 0 Å². The van der Waals surface area contributed by atoms with E-state index in [-0.39, 0.29) is 6.61 Å². The maximum atomic E-state index is 11.7. The number of carbonyl (C=O) groups is 2. The van der Waals surface area contributed by atoms with Gasteiger partial charge in [-0.05, 0) is 11.6 Å². The van der Waals surface area contributed by atoms with Crippen molar-refractivity contribution in [1.82, 2.24) is 15.1 Å². The molecule has 1 heterocycles. The first-order valence-electron chi connectivity index (χ1n) is 6.26. The molecule has 2 N–H and O–H groups in total. The quantitative estimate of drug-likeness (QED) is 0.869. The summed E-state index contributed by atoms with van der Waals surface area (Å²) in [5, 5.41) is 15.4. The van der Waals surface area contributed by atoms with Crippen LogP contribution in [0.1, 0.15) is 17.3 Å². The fourth-order valence-corrected chi connectivity index (χ4v) is 1.81. The predicted octanol–water partition coefficient (Wildman–Crippen LogP) is 1.47. The first-order chi connectivity index (χ1) is 10.1. The number of aryl methyl sites for hydroxylation is 1. The molecule has 0 fully saturated rings. The molecule has 110 valence electrons. The van der Waals surface area contributed by atoms with Crippen molar-refractivity contribution in [2.75, 3.05) is 0 Å². The number of rotatable bonds is 5. The molecule has 7 heteroatoms. The summed E-state index contributed by atoms with van der Waals surface area (Å²) < 4.78 is 6.39. The molecule has 0 aliphatic carbocycles. The van der Waals surface area contributed by atoms with Crippen molar-refractivity contribution in [1.29, 1.82) is 0 Å². The number of carbonyl (C=O) groups excluding carboxylic acids is 1. The Bertz CT molecular complexity index is 624. The van der Waals surface area contributed by atoms with Crippen molar-refractivity contribution in [3.63, 3.8) is 0 Å². The molecule has 7 nitrogen and oxygen atoms in total. The van der Waals surface area contributed by atoms with E-state index in [9.17, 15) is 14.7 Å². The van der Waals surface area contributed by atoms with Gasteiger partial charge in [-0.3, -0.25) is 4.68 Å². The van der Waals surface area contributed by atoms with Crippen molar-refractivity contribution in [2.45, 2.75) is 12.6 Å². The SMILES string of the molecule is Cn1nccc1C(NC(=O)OCc1ccccc1)C(=O)O. The van der Waals surface area contributed by atoms with E-state index < -0.39 is 18.1 Å². The fraction of sp³-hybridized carbons (Fsp3) is 0.214. The third-order valence-corrected chi connectivity index (χ3v) is 2.88. The van der Waals surface area contributed by atoms with E-state index in [4.69, 9.17) is 4.74 Å². The van der Waals surface area contributed by atoms with Crippen LogP contribution < -0.4 is 5.32 Å². The normalized spacial score (nSPS) is 11.7. The number of ether oxygens (including phenoxy) is 1. The number of alkyl carbamates (subject to hydrolysis) is 1. The van der Waals surface area contributed by atoms with Gasteiger partial charge in [0.2, 0.25) is 0 Å². The number of carboxylic acid groups (broad SMARTS) is 1. The van der Waals surface area contributed by atoms with E-state index in [1.807, 2.05) is 30.3 Å². The molecule has 0 bridgehead atoms. The molecule has 0 spiro atoms. The number of carboxylic acids is 1. The monoisotopic (exact) mass is 289 g/mol. The topological polar surface area (TPSA) is 93.5 Å². The molecule has 0 aliphatic rings. The summed E-state index contributed by atoms with van der Waals surface area (Å²) in [5.41, 5.74) is 1.18. The van der Waals surface area contributed by atoms with Crippen LogP contribution in [-0.4, -0.2) is 26.9 Å². The third kappa shape index (κ3) is 3.82. The minimum Gasteiger partial charge on any atom is -0.479 e. The summed E-state index contributed by atoms with van der Waals surface area (Å²) in [6.45, 7) is 0.0738. The van der Waals surface area contributed by atoms with Gasteiger partial charge in [-0.25, -0.2) is 9.59 Å². The number of aromatic nitrogens is 2. The first-order valence-corrected chi connectivity index (χ1v) is 6.26. The molecule has 1 aromatic carbocycles. The van der Waals surface area contributed by atoms with Gasteiger partial charge in [0.1, 0.15) is 6.61 Å². The molecule has 2 aromatic rings. The number of nitrogens with zero attached hydrogens (tertiary/aromatic N) is 2. The van der Waals surface area contributed by atoms with E-state index >= 15 is 0 Å². The summed E-state index contributed by atoms with van der Waals surface area (Å²) in [5.74, 6) is -1.18. The molecule has 21 heavy (non-hydrogen) atoms. The highest BCUT2D eigenvalue weighted by molar-refractivity contribution is 5.80. The first kappa shape index (κ1) is 14.6. The van der Waals surface area contributed by atoms with Gasteiger partial charge in [0.15, 0.2) is 6.04 Å². The molecule has 2 rings (SSSR count). The Morgan fingerprint density at radius 3 is 2.62 bits per heavy atom. The van der Waals surface area contributed by atoms with Crippen LogP contribution in [0, 0.1) is 0 Å². The summed E-state index contributed by atoms with van der Waals surface area (Å²) in [4.78, 5) is 23.0. The molecular weight excluding hydrogens is 274 g/mol. The maximum Gasteiger partial charge on any atom is 0.408 e. The van der Waals surface area contributed by atoms with Crippen molar-refractivity contribution in [2.24, 2.45) is 7.05 Å². The van der Waals surface area contributed by atoms with Gasteiger partial charge >= 0.3 is 12.1 Å². The van der Waals surface area contributed by atoms with Crippen LogP contribution in [0.4, 0.5) is 4.79 Å². The van der Waals surface area contributed by atoms with Crippen molar-refractivity contribution < 1.29 is 19.4 Å². The van der Waals surface area contributed by atoms with Crippen molar-refractivity contribution in [3.05, 3.63) is 53.9 Å². The Kier molecular flexibility index (Phi) is 4.55. The Balaban J connectivity index is 1.96. The standard InChI is InChI=1S/C14H15N3O4/c1-17-11(7-8-15-17)12(13(18)19)16-14(20)21-9-10-5-3-2-4-6-10/h2-8,12H,9H2,1H3,(H,16,20)(H,18,19). The lowest BCUT2D eigenvalue weighted by molar-refractivity contribution is -0.139. The van der Waals surface area contributed by atoms with Gasteiger partial charge in [-0.1, -0.05) is 30.3 Å². The average Bonchev–Trinajstić information content (AvgIpc) is 2.89. The molecular formula is C14H15N3O4. The summed E-state index contributed by atoms with van der Waals surface area (Å²) in [6, 6.07) is 9.44. The number of amides is 1. The van der Waals surface area contributed by atoms with E-state index in [0.29, 0.717) is 5.69 Å². The Hall–Kier alpha value is -2.83. The zero-order chi connectivity index (χ0) is 15.2. The Morgan fingerprint density at radius 2 is 2.05 bits per heavy atom. The molecule has 1 unspecified atom stereocenters. The van der Waals surface area contributed by atoms with Crippen LogP contribution in [0.5, 0.6) is 0 Å². The Morgan fingerprint density at radius 1 is 1.33 bits per heavy atom. The lowest BCUT2D eigenvalue weighted by Crippen LogP contribution is -2.35. The molecule has 0 saturated carbocycles. The van der Waals surface area contributed by atoms with Crippen LogP contribution in [0.15, 0.2) is 42.6 Å². The number of aliphatic carboxylic acids is 1. The second-order valence-electron chi connectivity index (χ2n) is 4.36. The van der Waals surface area contributed by atoms with E-state index in [0.717, 1.165) is 5.56 Å². The van der Waals surface area contributed by atoms with Crippen molar-refractivity contribution in [3.8, 4) is 0 Å². The number of hydrogen-bond donors (Lipinski definition) is 2. The predicted molar refractivity (Wildman–Crippen MR) is 73.3 cm³/mol. The highest BCUT2D eigenvalue weighted by atomic mass is 16.5. The number of nitrogens with one attached hydrogen (secondary N) is 1. The average molecular weight is 289 g/mol. The second-order valence-corrected chi connectivity index (χ2v) is 4.36. The lowest BCUT2D eigenvalue weighted by Gasteiger charge is -2.14. The summed E-state index contributed by atoms with van der Waals surface area (Å²) in [6.07, 6.45) is 0.662. The van der Waals surface area contributed by atoms with Crippen molar-refractivity contribution >= 4 is 12.1 Å². The summed E-state index contributed by atoms with van der Waals surface area (Å²) in [7, 11) is 1.60. The zero-order valence-electron chi connectivity index (χ0n) is 11.4. The zero-order valence-corrected chi connectivity index (χ0v) is 11.4. The molecule has 0 aliphatic heterocycles. The van der Waals surface area contributed by atoms with Crippen LogP contribution in [-0.2, 0) is 23.2 Å². The number of hydrogen-bond acceptors (Lipinski definition) is 4. The highest BCUT2D eigenvalue weighted by Gasteiger charge is 2.25. The molecule has 0 saturated heterocycles. The van der Waals surface area contributed by atoms with E-state index in [2.05, 4.69) is 10.4 Å². The minimum atomic E-state index is -1.21. The van der Waals surface area contributed by atoms with Gasteiger partial charge in [-0.2, -0.15) is 5.10 Å². The van der Waals surface area contributed by atoms with Crippen LogP contribution >= 0.6 is 0 Å². The van der Waals surface area contributed by atoms with Gasteiger partial charge in [-0.15, -0.1) is 0 Å². The van der Waals surface area contributed by atoms with E-state index in [1.54, 1.807) is 7.05 Å². The fourth-order valence-electron chi connectivity index (χ4n) is 1.81. The molecule has 1 atom stereocenters. The third-order valence-electron chi connectivity index (χ3n) is 2.88. The van der Waals surface area contributed by atoms with Gasteiger partial charge in [0, 0.05) is 13.2 Å². The second kappa shape index (κ2) is 6.56.